The molecule has 0 bridgehead atoms. The maximum absolute atomic E-state index is 10.7. The normalized spacial score (nSPS) is 11.9. The largest absolute Gasteiger partial charge is 0.741 e. The van der Waals surface area contributed by atoms with Crippen LogP contribution in [-0.2, 0) is 42.0 Å². The Bertz CT molecular complexity index is 2450. The van der Waals surface area contributed by atoms with Crippen LogP contribution in [0, 0.1) is 0 Å². The zero-order chi connectivity index (χ0) is 53.7. The topological polar surface area (TPSA) is 151 Å². The van der Waals surface area contributed by atoms with Crippen LogP contribution in [0.4, 0.5) is 26.3 Å². The van der Waals surface area contributed by atoms with Crippen LogP contribution < -0.4 is 18.9 Å². The lowest BCUT2D eigenvalue weighted by molar-refractivity contribution is -0.0522. The van der Waals surface area contributed by atoms with Gasteiger partial charge < -0.3 is 28.1 Å². The lowest BCUT2D eigenvalue weighted by Crippen LogP contribution is -2.21. The Balaban J connectivity index is 0.000000622. The smallest absolute Gasteiger partial charge is 0.485 e. The summed E-state index contributed by atoms with van der Waals surface area (Å²) in [7, 11) is -12.7. The van der Waals surface area contributed by atoms with E-state index >= 15 is 0 Å². The number of thiophene rings is 2. The summed E-state index contributed by atoms with van der Waals surface area (Å²) >= 11 is 5.65. The Morgan fingerprint density at radius 1 is 0.425 bits per heavy atom. The number of alkyl halides is 6. The molecule has 0 aliphatic heterocycles. The summed E-state index contributed by atoms with van der Waals surface area (Å²) in [6.07, 6.45) is 8.73. The highest BCUT2D eigenvalue weighted by atomic mass is 32.2. The van der Waals surface area contributed by atoms with Crippen molar-refractivity contribution in [2.24, 2.45) is 0 Å². The number of rotatable bonds is 24. The summed E-state index contributed by atoms with van der Waals surface area (Å²) in [5.74, 6) is 3.71. The fourth-order valence-electron chi connectivity index (χ4n) is 5.80. The van der Waals surface area contributed by atoms with E-state index in [0.717, 1.165) is 101 Å². The third-order valence-corrected chi connectivity index (χ3v) is 19.3. The van der Waals surface area contributed by atoms with Gasteiger partial charge in [0, 0.05) is 12.1 Å². The summed E-state index contributed by atoms with van der Waals surface area (Å²) < 4.78 is 147. The van der Waals surface area contributed by atoms with Crippen molar-refractivity contribution in [2.45, 2.75) is 126 Å². The first kappa shape index (κ1) is 61.5. The highest BCUT2D eigenvalue weighted by Gasteiger charge is 2.38. The van der Waals surface area contributed by atoms with Gasteiger partial charge in [-0.3, -0.25) is 0 Å². The second-order valence-electron chi connectivity index (χ2n) is 15.4. The molecule has 73 heavy (non-hydrogen) atoms. The van der Waals surface area contributed by atoms with Gasteiger partial charge in [-0.05, 0) is 135 Å². The van der Waals surface area contributed by atoms with E-state index in [1.807, 2.05) is 34.4 Å². The van der Waals surface area contributed by atoms with Crippen LogP contribution in [0.25, 0.3) is 0 Å². The number of hydrogen-bond donors (Lipinski definition) is 0. The molecular formula is C50H56F6O10S7. The Morgan fingerprint density at radius 3 is 0.836 bits per heavy atom. The molecule has 0 amide bonds. The van der Waals surface area contributed by atoms with Gasteiger partial charge in [0.05, 0.1) is 34.8 Å². The molecule has 0 aliphatic rings. The van der Waals surface area contributed by atoms with Gasteiger partial charge in [-0.2, -0.15) is 26.3 Å². The van der Waals surface area contributed by atoms with E-state index in [0.29, 0.717) is 0 Å². The molecule has 0 N–H and O–H groups in total. The minimum atomic E-state index is -6.09. The average molecular weight is 1160 g/mol. The number of unbranched alkanes of at least 4 members (excludes halogenated alkanes) is 4. The molecule has 0 saturated carbocycles. The monoisotopic (exact) mass is 1150 g/mol. The molecule has 0 aliphatic carbocycles. The Hall–Kier alpha value is -4.07. The number of ether oxygens (including phenoxy) is 4. The standard InChI is InChI=1S/C48H56O4S5.2CHF3O3S/c1-5-9-33-49-37-13-21-41(22-14-37)56(42-23-15-38(16-24-42)50-34-10-6-2)47-31-29-45(54-47)53-46-30-32-48(55-46)57(43-25-17-39(18-26-43)51-35-11-7-3)44-27-19-40(20-28-44)52-36-12-8-4;2*2-1(3,4)8(5,6)7/h13-32H,5-12,33-36H2,1-4H3;2*(H,5,6,7)/q+2;;/p-2. The van der Waals surface area contributed by atoms with Gasteiger partial charge in [0.2, 0.25) is 8.42 Å². The zero-order valence-electron chi connectivity index (χ0n) is 40.2. The predicted molar refractivity (Wildman–Crippen MR) is 276 cm³/mol. The minimum Gasteiger partial charge on any atom is -0.741 e. The molecule has 6 aromatic rings. The Kier molecular flexibility index (Phi) is 25.2. The highest BCUT2D eigenvalue weighted by molar-refractivity contribution is 8.04. The van der Waals surface area contributed by atoms with Crippen molar-refractivity contribution >= 4 is 76.5 Å². The zero-order valence-corrected chi connectivity index (χ0v) is 46.0. The Labute approximate surface area is 442 Å². The lowest BCUT2D eigenvalue weighted by Gasteiger charge is -2.09. The van der Waals surface area contributed by atoms with E-state index in [1.54, 1.807) is 0 Å². The number of halogens is 6. The molecule has 0 radical (unpaired) electrons. The van der Waals surface area contributed by atoms with Crippen LogP contribution >= 0.6 is 34.4 Å². The molecule has 400 valence electrons. The van der Waals surface area contributed by atoms with Gasteiger partial charge in [-0.1, -0.05) is 87.8 Å². The number of hydrogen-bond acceptors (Lipinski definition) is 13. The van der Waals surface area contributed by atoms with E-state index in [2.05, 4.69) is 149 Å². The van der Waals surface area contributed by atoms with Crippen molar-refractivity contribution < 1.29 is 71.2 Å². The molecule has 0 atom stereocenters. The van der Waals surface area contributed by atoms with Gasteiger partial charge in [-0.25, -0.2) is 16.8 Å². The van der Waals surface area contributed by atoms with Crippen LogP contribution in [0.5, 0.6) is 23.0 Å². The van der Waals surface area contributed by atoms with Crippen molar-refractivity contribution in [3.63, 3.8) is 0 Å². The predicted octanol–water partition coefficient (Wildman–Crippen LogP) is 15.0. The van der Waals surface area contributed by atoms with Gasteiger partial charge >= 0.3 is 11.0 Å². The summed E-state index contributed by atoms with van der Waals surface area (Å²) in [4.78, 5) is 5.12. The summed E-state index contributed by atoms with van der Waals surface area (Å²) in [6.45, 7) is 11.8. The maximum atomic E-state index is 10.7. The van der Waals surface area contributed by atoms with E-state index in [1.165, 1.54) is 36.4 Å². The van der Waals surface area contributed by atoms with Crippen molar-refractivity contribution in [2.75, 3.05) is 26.4 Å². The highest BCUT2D eigenvalue weighted by Crippen LogP contribution is 2.45. The quantitative estimate of drug-likeness (QED) is 0.0187. The third-order valence-electron chi connectivity index (χ3n) is 9.59. The Morgan fingerprint density at radius 2 is 0.644 bits per heavy atom. The van der Waals surface area contributed by atoms with Gasteiger partial charge in [0.25, 0.3) is 0 Å². The van der Waals surface area contributed by atoms with Crippen LogP contribution in [0.2, 0.25) is 0 Å². The SMILES string of the molecule is CCCCOc1ccc([S+](c2ccc(OCCCC)cc2)c2ccc(Sc3ccc([S+](c4ccc(OCCCC)cc4)c4ccc(OCCCC)cc4)s3)s2)cc1.O=S(=O)([O-])C(F)(F)F.O=S(=O)([O-])C(F)(F)F. The van der Waals surface area contributed by atoms with Gasteiger partial charge in [0.15, 0.2) is 39.8 Å². The maximum Gasteiger partial charge on any atom is 0.485 e. The van der Waals surface area contributed by atoms with E-state index in [9.17, 15) is 26.3 Å². The van der Waals surface area contributed by atoms with E-state index < -0.39 is 31.3 Å². The van der Waals surface area contributed by atoms with Crippen molar-refractivity contribution in [1.82, 2.24) is 0 Å². The molecule has 0 unspecified atom stereocenters. The van der Waals surface area contributed by atoms with Crippen LogP contribution in [-0.4, -0.2) is 63.4 Å². The molecule has 2 heterocycles. The lowest BCUT2D eigenvalue weighted by atomic mass is 10.3. The van der Waals surface area contributed by atoms with Crippen LogP contribution in [0.15, 0.2) is 158 Å². The molecular weight excluding hydrogens is 1100 g/mol. The first-order chi connectivity index (χ1) is 34.6. The second kappa shape index (κ2) is 29.9. The molecule has 6 rings (SSSR count). The van der Waals surface area contributed by atoms with Gasteiger partial charge in [0.1, 0.15) is 44.8 Å². The fourth-order valence-corrected chi connectivity index (χ4v) is 15.0. The first-order valence-corrected chi connectivity index (χ1v) is 30.6. The molecule has 0 saturated heterocycles. The molecule has 0 fully saturated rings. The fraction of sp³-hybridized carbons (Fsp3) is 0.360. The molecule has 10 nitrogen and oxygen atoms in total. The molecule has 0 spiro atoms. The average Bonchev–Trinajstić information content (AvgIpc) is 4.00. The summed E-state index contributed by atoms with van der Waals surface area (Å²) in [6, 6.07) is 44.1. The molecule has 23 heteroatoms. The van der Waals surface area contributed by atoms with Crippen molar-refractivity contribution in [3.05, 3.63) is 121 Å². The van der Waals surface area contributed by atoms with Gasteiger partial charge in [-0.15, -0.1) is 0 Å². The van der Waals surface area contributed by atoms with Crippen LogP contribution in [0.3, 0.4) is 0 Å². The number of benzene rings is 4. The molecule has 2 aromatic heterocycles. The van der Waals surface area contributed by atoms with Crippen molar-refractivity contribution in [3.8, 4) is 23.0 Å². The summed E-state index contributed by atoms with van der Waals surface area (Å²) in [5, 5.41) is 0. The van der Waals surface area contributed by atoms with E-state index in [4.69, 9.17) is 44.9 Å². The molecule has 4 aromatic carbocycles. The second-order valence-corrected chi connectivity index (χ2v) is 26.4. The first-order valence-electron chi connectivity index (χ1n) is 22.9. The third kappa shape index (κ3) is 20.5. The van der Waals surface area contributed by atoms with Crippen LogP contribution in [0.1, 0.15) is 79.1 Å². The minimum absolute atomic E-state index is 0.267. The van der Waals surface area contributed by atoms with Crippen molar-refractivity contribution in [1.29, 1.82) is 0 Å². The summed E-state index contributed by atoms with van der Waals surface area (Å²) in [5.41, 5.74) is -11.3. The van der Waals surface area contributed by atoms with E-state index in [-0.39, 0.29) is 21.8 Å².